The van der Waals surface area contributed by atoms with Crippen molar-refractivity contribution < 1.29 is 9.53 Å². The van der Waals surface area contributed by atoms with Crippen LogP contribution in [0.5, 0.6) is 0 Å². The maximum atomic E-state index is 11.1. The van der Waals surface area contributed by atoms with Gasteiger partial charge in [0.05, 0.1) is 17.9 Å². The number of ether oxygens (including phenoxy) is 1. The SMILES string of the molecule is CC.CC.CC.CCCc1ccc(N=CC(=O)OCC)c(C#N)c1. The molecule has 0 spiro atoms. The summed E-state index contributed by atoms with van der Waals surface area (Å²) in [6.07, 6.45) is 3.05. The highest BCUT2D eigenvalue weighted by Gasteiger charge is 2.03. The van der Waals surface area contributed by atoms with E-state index in [2.05, 4.69) is 18.0 Å². The van der Waals surface area contributed by atoms with Crippen LogP contribution in [0.4, 0.5) is 5.69 Å². The van der Waals surface area contributed by atoms with E-state index in [-0.39, 0.29) is 0 Å². The molecule has 136 valence electrons. The predicted octanol–water partition coefficient (Wildman–Crippen LogP) is 5.85. The van der Waals surface area contributed by atoms with Crippen molar-refractivity contribution in [2.75, 3.05) is 6.61 Å². The first kappa shape index (κ1) is 26.7. The molecular formula is C20H34N2O2. The van der Waals surface area contributed by atoms with Gasteiger partial charge in [0, 0.05) is 0 Å². The summed E-state index contributed by atoms with van der Waals surface area (Å²) in [6, 6.07) is 7.56. The zero-order valence-corrected chi connectivity index (χ0v) is 16.6. The van der Waals surface area contributed by atoms with Crippen molar-refractivity contribution >= 4 is 17.9 Å². The van der Waals surface area contributed by atoms with Crippen LogP contribution in [-0.2, 0) is 16.0 Å². The molecule has 0 unspecified atom stereocenters. The molecule has 0 bridgehead atoms. The third-order valence-corrected chi connectivity index (χ3v) is 2.32. The van der Waals surface area contributed by atoms with Crippen LogP contribution >= 0.6 is 0 Å². The van der Waals surface area contributed by atoms with E-state index in [9.17, 15) is 4.79 Å². The first-order chi connectivity index (χ1) is 11.7. The first-order valence-corrected chi connectivity index (χ1v) is 8.95. The number of nitrogens with zero attached hydrogens (tertiary/aromatic N) is 2. The van der Waals surface area contributed by atoms with Gasteiger partial charge < -0.3 is 4.74 Å². The topological polar surface area (TPSA) is 62.4 Å². The van der Waals surface area contributed by atoms with E-state index in [0.29, 0.717) is 17.9 Å². The fourth-order valence-corrected chi connectivity index (χ4v) is 1.53. The Balaban J connectivity index is -0.000000659. The highest BCUT2D eigenvalue weighted by Crippen LogP contribution is 2.20. The van der Waals surface area contributed by atoms with Gasteiger partial charge in [0.25, 0.3) is 0 Å². The number of esters is 1. The van der Waals surface area contributed by atoms with Gasteiger partial charge in [-0.05, 0) is 31.0 Å². The van der Waals surface area contributed by atoms with Crippen molar-refractivity contribution in [2.24, 2.45) is 4.99 Å². The predicted molar refractivity (Wildman–Crippen MR) is 104 cm³/mol. The van der Waals surface area contributed by atoms with Crippen LogP contribution in [0.1, 0.15) is 72.9 Å². The molecule has 1 rings (SSSR count). The van der Waals surface area contributed by atoms with E-state index < -0.39 is 5.97 Å². The molecule has 0 saturated heterocycles. The number of aryl methyl sites for hydroxylation is 1. The second-order valence-electron chi connectivity index (χ2n) is 3.72. The van der Waals surface area contributed by atoms with Crippen LogP contribution < -0.4 is 0 Å². The van der Waals surface area contributed by atoms with E-state index in [1.165, 1.54) is 0 Å². The van der Waals surface area contributed by atoms with Gasteiger partial charge in [0.2, 0.25) is 0 Å². The maximum absolute atomic E-state index is 11.1. The van der Waals surface area contributed by atoms with Crippen LogP contribution in [0, 0.1) is 11.3 Å². The molecule has 0 aliphatic rings. The van der Waals surface area contributed by atoms with Crippen molar-refractivity contribution in [1.29, 1.82) is 5.26 Å². The molecule has 0 aliphatic heterocycles. The molecule has 1 aromatic carbocycles. The van der Waals surface area contributed by atoms with Crippen molar-refractivity contribution in [3.05, 3.63) is 29.3 Å². The van der Waals surface area contributed by atoms with Crippen molar-refractivity contribution in [3.63, 3.8) is 0 Å². The highest BCUT2D eigenvalue weighted by molar-refractivity contribution is 6.23. The number of nitriles is 1. The summed E-state index contributed by atoms with van der Waals surface area (Å²) >= 11 is 0. The number of hydrogen-bond donors (Lipinski definition) is 0. The second-order valence-corrected chi connectivity index (χ2v) is 3.72. The summed E-state index contributed by atoms with van der Waals surface area (Å²) in [5.41, 5.74) is 2.07. The molecule has 0 aromatic heterocycles. The van der Waals surface area contributed by atoms with Gasteiger partial charge in [0.15, 0.2) is 0 Å². The molecule has 0 amide bonds. The number of carbonyl (C=O) groups is 1. The van der Waals surface area contributed by atoms with Crippen molar-refractivity contribution in [3.8, 4) is 6.07 Å². The van der Waals surface area contributed by atoms with Crippen LogP contribution in [0.3, 0.4) is 0 Å². The minimum absolute atomic E-state index is 0.311. The fraction of sp³-hybridized carbons (Fsp3) is 0.550. The van der Waals surface area contributed by atoms with Crippen LogP contribution in [-0.4, -0.2) is 18.8 Å². The van der Waals surface area contributed by atoms with Gasteiger partial charge in [-0.1, -0.05) is 61.0 Å². The summed E-state index contributed by atoms with van der Waals surface area (Å²) in [7, 11) is 0. The average molecular weight is 335 g/mol. The van der Waals surface area contributed by atoms with Gasteiger partial charge in [-0.25, -0.2) is 9.79 Å². The fourth-order valence-electron chi connectivity index (χ4n) is 1.53. The van der Waals surface area contributed by atoms with Crippen LogP contribution in [0.25, 0.3) is 0 Å². The van der Waals surface area contributed by atoms with E-state index in [4.69, 9.17) is 10.00 Å². The largest absolute Gasteiger partial charge is 0.462 e. The first-order valence-electron chi connectivity index (χ1n) is 8.95. The van der Waals surface area contributed by atoms with Gasteiger partial charge in [-0.15, -0.1) is 0 Å². The van der Waals surface area contributed by atoms with Gasteiger partial charge in [0.1, 0.15) is 12.3 Å². The van der Waals surface area contributed by atoms with Gasteiger partial charge >= 0.3 is 5.97 Å². The smallest absolute Gasteiger partial charge is 0.349 e. The van der Waals surface area contributed by atoms with Crippen LogP contribution in [0.2, 0.25) is 0 Å². The Morgan fingerprint density at radius 1 is 1.17 bits per heavy atom. The molecule has 0 N–H and O–H groups in total. The van der Waals surface area contributed by atoms with E-state index in [0.717, 1.165) is 24.6 Å². The highest BCUT2D eigenvalue weighted by atomic mass is 16.5. The Labute approximate surface area is 148 Å². The lowest BCUT2D eigenvalue weighted by atomic mass is 10.1. The van der Waals surface area contributed by atoms with Crippen LogP contribution in [0.15, 0.2) is 23.2 Å². The zero-order chi connectivity index (χ0) is 19.4. The van der Waals surface area contributed by atoms with Crippen molar-refractivity contribution in [2.45, 2.75) is 68.2 Å². The number of benzene rings is 1. The Morgan fingerprint density at radius 3 is 2.21 bits per heavy atom. The Morgan fingerprint density at radius 2 is 1.75 bits per heavy atom. The molecule has 24 heavy (non-hydrogen) atoms. The molecule has 0 fully saturated rings. The number of rotatable bonds is 5. The number of aliphatic imine (C=N–C) groups is 1. The molecule has 1 aromatic rings. The molecule has 4 heteroatoms. The lowest BCUT2D eigenvalue weighted by molar-refractivity contribution is -0.134. The van der Waals surface area contributed by atoms with Gasteiger partial charge in [-0.2, -0.15) is 5.26 Å². The molecule has 0 aliphatic carbocycles. The summed E-state index contributed by atoms with van der Waals surface area (Å²) in [5.74, 6) is -0.501. The lowest BCUT2D eigenvalue weighted by Gasteiger charge is -2.02. The number of carbonyl (C=O) groups excluding carboxylic acids is 1. The third kappa shape index (κ3) is 12.4. The minimum atomic E-state index is -0.501. The lowest BCUT2D eigenvalue weighted by Crippen LogP contribution is -2.04. The number of hydrogen-bond acceptors (Lipinski definition) is 4. The standard InChI is InChI=1S/C14H16N2O2.3C2H6/c1-3-5-11-6-7-13(12(8-11)9-15)16-10-14(17)18-4-2;3*1-2/h6-8,10H,3-5H2,1-2H3;3*1-2H3. The Bertz CT molecular complexity index is 489. The summed E-state index contributed by atoms with van der Waals surface area (Å²) in [5, 5.41) is 9.04. The molecule has 0 saturated carbocycles. The molecule has 0 heterocycles. The Hall–Kier alpha value is -2.15. The van der Waals surface area contributed by atoms with E-state index in [1.807, 2.05) is 47.6 Å². The maximum Gasteiger partial charge on any atom is 0.349 e. The van der Waals surface area contributed by atoms with E-state index >= 15 is 0 Å². The monoisotopic (exact) mass is 334 g/mol. The summed E-state index contributed by atoms with van der Waals surface area (Å²) in [4.78, 5) is 15.1. The molecule has 0 atom stereocenters. The Kier molecular flexibility index (Phi) is 23.2. The minimum Gasteiger partial charge on any atom is -0.462 e. The average Bonchev–Trinajstić information content (AvgIpc) is 2.66. The van der Waals surface area contributed by atoms with Crippen molar-refractivity contribution in [1.82, 2.24) is 0 Å². The zero-order valence-electron chi connectivity index (χ0n) is 16.6. The molecular weight excluding hydrogens is 300 g/mol. The molecule has 4 nitrogen and oxygen atoms in total. The second kappa shape index (κ2) is 20.9. The summed E-state index contributed by atoms with van der Waals surface area (Å²) in [6.45, 7) is 16.1. The quantitative estimate of drug-likeness (QED) is 0.501. The van der Waals surface area contributed by atoms with Gasteiger partial charge in [-0.3, -0.25) is 0 Å². The summed E-state index contributed by atoms with van der Waals surface area (Å²) < 4.78 is 4.73. The normalized spacial score (nSPS) is 8.46. The van der Waals surface area contributed by atoms with E-state index in [1.54, 1.807) is 19.1 Å². The molecule has 0 radical (unpaired) electrons. The third-order valence-electron chi connectivity index (χ3n) is 2.32.